The lowest BCUT2D eigenvalue weighted by Gasteiger charge is -2.08. The van der Waals surface area contributed by atoms with Crippen LogP contribution in [0.5, 0.6) is 5.75 Å². The first-order valence-electron chi connectivity index (χ1n) is 5.05. The van der Waals surface area contributed by atoms with Gasteiger partial charge in [-0.3, -0.25) is 0 Å². The molecular formula is C12H18OS. The fourth-order valence-corrected chi connectivity index (χ4v) is 1.86. The topological polar surface area (TPSA) is 9.23 Å². The summed E-state index contributed by atoms with van der Waals surface area (Å²) < 4.78 is 5.62. The highest BCUT2D eigenvalue weighted by molar-refractivity contribution is 7.98. The van der Waals surface area contributed by atoms with Gasteiger partial charge in [0.25, 0.3) is 0 Å². The van der Waals surface area contributed by atoms with Crippen LogP contribution >= 0.6 is 11.8 Å². The van der Waals surface area contributed by atoms with Crippen LogP contribution in [-0.2, 0) is 0 Å². The minimum atomic E-state index is 0.828. The number of rotatable bonds is 5. The maximum Gasteiger partial charge on any atom is 0.119 e. The largest absolute Gasteiger partial charge is 0.494 e. The molecular weight excluding hydrogens is 192 g/mol. The summed E-state index contributed by atoms with van der Waals surface area (Å²) in [6, 6.07) is 6.29. The van der Waals surface area contributed by atoms with Gasteiger partial charge in [0.05, 0.1) is 6.61 Å². The Balaban J connectivity index is 2.57. The van der Waals surface area contributed by atoms with Gasteiger partial charge in [0, 0.05) is 4.90 Å². The zero-order valence-corrected chi connectivity index (χ0v) is 9.99. The second-order valence-corrected chi connectivity index (χ2v) is 4.18. The molecule has 0 saturated heterocycles. The van der Waals surface area contributed by atoms with Gasteiger partial charge < -0.3 is 4.74 Å². The molecule has 0 aliphatic rings. The highest BCUT2D eigenvalue weighted by Gasteiger charge is 1.99. The summed E-state index contributed by atoms with van der Waals surface area (Å²) in [6.45, 7) is 5.12. The fourth-order valence-electron chi connectivity index (χ4n) is 1.28. The van der Waals surface area contributed by atoms with Crippen molar-refractivity contribution < 1.29 is 4.74 Å². The van der Waals surface area contributed by atoms with Crippen LogP contribution in [0.2, 0.25) is 0 Å². The Kier molecular flexibility index (Phi) is 4.88. The molecule has 14 heavy (non-hydrogen) atoms. The van der Waals surface area contributed by atoms with E-state index >= 15 is 0 Å². The molecule has 1 rings (SSSR count). The van der Waals surface area contributed by atoms with Crippen molar-refractivity contribution in [3.05, 3.63) is 23.8 Å². The lowest BCUT2D eigenvalue weighted by molar-refractivity contribution is 0.309. The van der Waals surface area contributed by atoms with E-state index in [0.717, 1.165) is 18.8 Å². The number of benzene rings is 1. The van der Waals surface area contributed by atoms with Gasteiger partial charge in [-0.05, 0) is 43.4 Å². The van der Waals surface area contributed by atoms with E-state index in [1.165, 1.54) is 16.9 Å². The molecule has 0 aliphatic carbocycles. The number of aryl methyl sites for hydroxylation is 1. The van der Waals surface area contributed by atoms with Gasteiger partial charge in [0.15, 0.2) is 0 Å². The van der Waals surface area contributed by atoms with Crippen LogP contribution in [0.4, 0.5) is 0 Å². The average Bonchev–Trinajstić information content (AvgIpc) is 2.18. The van der Waals surface area contributed by atoms with E-state index < -0.39 is 0 Å². The van der Waals surface area contributed by atoms with Crippen molar-refractivity contribution in [2.75, 3.05) is 12.9 Å². The fraction of sp³-hybridized carbons (Fsp3) is 0.500. The minimum Gasteiger partial charge on any atom is -0.494 e. The summed E-state index contributed by atoms with van der Waals surface area (Å²) in [5.74, 6) is 0.994. The Morgan fingerprint density at radius 1 is 1.36 bits per heavy atom. The van der Waals surface area contributed by atoms with E-state index in [0.29, 0.717) is 0 Å². The van der Waals surface area contributed by atoms with Crippen molar-refractivity contribution >= 4 is 11.8 Å². The van der Waals surface area contributed by atoms with Gasteiger partial charge >= 0.3 is 0 Å². The smallest absolute Gasteiger partial charge is 0.119 e. The first-order chi connectivity index (χ1) is 6.77. The highest BCUT2D eigenvalue weighted by atomic mass is 32.2. The van der Waals surface area contributed by atoms with Crippen LogP contribution in [-0.4, -0.2) is 12.9 Å². The highest BCUT2D eigenvalue weighted by Crippen LogP contribution is 2.24. The normalized spacial score (nSPS) is 10.2. The molecule has 0 aromatic heterocycles. The van der Waals surface area contributed by atoms with Gasteiger partial charge in [-0.1, -0.05) is 13.3 Å². The van der Waals surface area contributed by atoms with Gasteiger partial charge in [0.2, 0.25) is 0 Å². The monoisotopic (exact) mass is 210 g/mol. The molecule has 0 unspecified atom stereocenters. The van der Waals surface area contributed by atoms with Crippen molar-refractivity contribution in [2.45, 2.75) is 31.6 Å². The summed E-state index contributed by atoms with van der Waals surface area (Å²) in [5.41, 5.74) is 1.30. The Hall–Kier alpha value is -0.630. The lowest BCUT2D eigenvalue weighted by Crippen LogP contribution is -1.96. The van der Waals surface area contributed by atoms with Crippen molar-refractivity contribution in [2.24, 2.45) is 0 Å². The van der Waals surface area contributed by atoms with E-state index in [2.05, 4.69) is 38.3 Å². The first-order valence-corrected chi connectivity index (χ1v) is 6.28. The van der Waals surface area contributed by atoms with Crippen LogP contribution in [0.1, 0.15) is 25.3 Å². The number of hydrogen-bond donors (Lipinski definition) is 0. The molecule has 0 spiro atoms. The van der Waals surface area contributed by atoms with Gasteiger partial charge in [-0.25, -0.2) is 0 Å². The number of thioether (sulfide) groups is 1. The van der Waals surface area contributed by atoms with Crippen LogP contribution in [0.3, 0.4) is 0 Å². The minimum absolute atomic E-state index is 0.828. The van der Waals surface area contributed by atoms with Crippen LogP contribution < -0.4 is 4.74 Å². The molecule has 1 aromatic rings. The van der Waals surface area contributed by atoms with Gasteiger partial charge in [-0.15, -0.1) is 11.8 Å². The summed E-state index contributed by atoms with van der Waals surface area (Å²) in [5, 5.41) is 0. The average molecular weight is 210 g/mol. The van der Waals surface area contributed by atoms with Crippen LogP contribution in [0.25, 0.3) is 0 Å². The molecule has 0 aliphatic heterocycles. The standard InChI is InChI=1S/C12H18OS/c1-4-5-8-13-11-6-7-12(14-3)10(2)9-11/h6-7,9H,4-5,8H2,1-3H3. The number of ether oxygens (including phenoxy) is 1. The predicted octanol–water partition coefficient (Wildman–Crippen LogP) is 3.90. The van der Waals surface area contributed by atoms with E-state index in [1.54, 1.807) is 11.8 Å². The SMILES string of the molecule is CCCCOc1ccc(SC)c(C)c1. The van der Waals surface area contributed by atoms with E-state index in [4.69, 9.17) is 4.74 Å². The molecule has 0 saturated carbocycles. The van der Waals surface area contributed by atoms with E-state index in [1.807, 2.05) is 0 Å². The Morgan fingerprint density at radius 3 is 2.71 bits per heavy atom. The van der Waals surface area contributed by atoms with Crippen LogP contribution in [0.15, 0.2) is 23.1 Å². The molecule has 0 fully saturated rings. The quantitative estimate of drug-likeness (QED) is 0.538. The summed E-state index contributed by atoms with van der Waals surface area (Å²) in [4.78, 5) is 1.33. The third-order valence-electron chi connectivity index (χ3n) is 2.13. The molecule has 0 bridgehead atoms. The molecule has 0 N–H and O–H groups in total. The first kappa shape index (κ1) is 11.4. The molecule has 0 radical (unpaired) electrons. The second-order valence-electron chi connectivity index (χ2n) is 3.33. The number of hydrogen-bond acceptors (Lipinski definition) is 2. The Bertz CT molecular complexity index is 284. The molecule has 0 heterocycles. The maximum atomic E-state index is 5.62. The summed E-state index contributed by atoms with van der Waals surface area (Å²) >= 11 is 1.78. The Morgan fingerprint density at radius 2 is 2.14 bits per heavy atom. The van der Waals surface area contributed by atoms with Crippen molar-refractivity contribution in [3.63, 3.8) is 0 Å². The lowest BCUT2D eigenvalue weighted by atomic mass is 10.2. The molecule has 0 amide bonds. The van der Waals surface area contributed by atoms with E-state index in [9.17, 15) is 0 Å². The van der Waals surface area contributed by atoms with E-state index in [-0.39, 0.29) is 0 Å². The van der Waals surface area contributed by atoms with Crippen molar-refractivity contribution in [1.82, 2.24) is 0 Å². The molecule has 1 aromatic carbocycles. The third-order valence-corrected chi connectivity index (χ3v) is 3.03. The molecule has 1 nitrogen and oxygen atoms in total. The van der Waals surface area contributed by atoms with Gasteiger partial charge in [0.1, 0.15) is 5.75 Å². The molecule has 78 valence electrons. The Labute approximate surface area is 90.9 Å². The van der Waals surface area contributed by atoms with Crippen molar-refractivity contribution in [3.8, 4) is 5.75 Å². The van der Waals surface area contributed by atoms with Gasteiger partial charge in [-0.2, -0.15) is 0 Å². The molecule has 0 atom stereocenters. The maximum absolute atomic E-state index is 5.62. The van der Waals surface area contributed by atoms with Crippen molar-refractivity contribution in [1.29, 1.82) is 0 Å². The summed E-state index contributed by atoms with van der Waals surface area (Å²) in [7, 11) is 0. The molecule has 2 heteroatoms. The zero-order valence-electron chi connectivity index (χ0n) is 9.17. The van der Waals surface area contributed by atoms with Crippen LogP contribution in [0, 0.1) is 6.92 Å². The third kappa shape index (κ3) is 3.26. The predicted molar refractivity (Wildman–Crippen MR) is 63.4 cm³/mol. The second kappa shape index (κ2) is 5.97. The zero-order chi connectivity index (χ0) is 10.4. The number of unbranched alkanes of at least 4 members (excludes halogenated alkanes) is 1. The summed E-state index contributed by atoms with van der Waals surface area (Å²) in [6.07, 6.45) is 4.41.